The van der Waals surface area contributed by atoms with Crippen molar-refractivity contribution in [2.45, 2.75) is 12.8 Å². The maximum absolute atomic E-state index is 13.0. The van der Waals surface area contributed by atoms with E-state index in [2.05, 4.69) is 10.2 Å². The lowest BCUT2D eigenvalue weighted by atomic mass is 10.0. The Labute approximate surface area is 118 Å². The number of halogens is 2. The van der Waals surface area contributed by atoms with E-state index in [1.54, 1.807) is 0 Å². The number of hydrogen-bond donors (Lipinski definition) is 2. The lowest BCUT2D eigenvalue weighted by molar-refractivity contribution is 0.1000. The monoisotopic (exact) mass is 297 g/mol. The van der Waals surface area contributed by atoms with E-state index in [-0.39, 0.29) is 40.8 Å². The molecule has 0 fully saturated rings. The Balaban J connectivity index is 2.85. The van der Waals surface area contributed by atoms with Gasteiger partial charge in [0.05, 0.1) is 7.11 Å². The van der Waals surface area contributed by atoms with Gasteiger partial charge < -0.3 is 15.6 Å². The lowest BCUT2D eigenvalue weighted by Crippen LogP contribution is -2.12. The predicted octanol–water partition coefficient (Wildman–Crippen LogP) is 1.21. The standard InChI is InChI=1S/C13H13F2N3O3/c1-21-9-5-6(13(16)20)4-8-7(2-3-19)11(12(14)15)18-17-10(8)9/h4-5,12,19H,2-3H2,1H3,(H2,16,20). The van der Waals surface area contributed by atoms with Crippen LogP contribution in [-0.2, 0) is 6.42 Å². The number of fused-ring (bicyclic) bond motifs is 1. The number of nitrogens with two attached hydrogens (primary N) is 1. The smallest absolute Gasteiger partial charge is 0.282 e. The summed E-state index contributed by atoms with van der Waals surface area (Å²) in [7, 11) is 1.36. The fraction of sp³-hybridized carbons (Fsp3) is 0.308. The molecule has 2 aromatic rings. The molecule has 0 saturated carbocycles. The quantitative estimate of drug-likeness (QED) is 0.864. The summed E-state index contributed by atoms with van der Waals surface area (Å²) in [5.74, 6) is -0.519. The largest absolute Gasteiger partial charge is 0.494 e. The minimum absolute atomic E-state index is 0.0446. The molecule has 0 aliphatic rings. The van der Waals surface area contributed by atoms with Crippen molar-refractivity contribution < 1.29 is 23.4 Å². The van der Waals surface area contributed by atoms with E-state index in [1.165, 1.54) is 19.2 Å². The van der Waals surface area contributed by atoms with Gasteiger partial charge in [0.2, 0.25) is 5.91 Å². The number of carbonyl (C=O) groups is 1. The number of aliphatic hydroxyl groups is 1. The van der Waals surface area contributed by atoms with Crippen LogP contribution in [0, 0.1) is 0 Å². The number of carbonyl (C=O) groups excluding carboxylic acids is 1. The molecule has 6 nitrogen and oxygen atoms in total. The highest BCUT2D eigenvalue weighted by Gasteiger charge is 2.21. The van der Waals surface area contributed by atoms with Gasteiger partial charge in [0, 0.05) is 17.6 Å². The number of aromatic nitrogens is 2. The number of amides is 1. The zero-order chi connectivity index (χ0) is 15.6. The number of rotatable bonds is 5. The van der Waals surface area contributed by atoms with Gasteiger partial charge in [-0.05, 0) is 24.1 Å². The third-order valence-corrected chi connectivity index (χ3v) is 3.04. The zero-order valence-electron chi connectivity index (χ0n) is 11.1. The molecule has 1 amide bonds. The van der Waals surface area contributed by atoms with E-state index in [0.29, 0.717) is 0 Å². The van der Waals surface area contributed by atoms with E-state index in [4.69, 9.17) is 15.6 Å². The second-order valence-corrected chi connectivity index (χ2v) is 4.28. The van der Waals surface area contributed by atoms with Crippen LogP contribution in [-0.4, -0.2) is 34.9 Å². The summed E-state index contributed by atoms with van der Waals surface area (Å²) in [6.07, 6.45) is -2.89. The Morgan fingerprint density at radius 1 is 1.43 bits per heavy atom. The molecular formula is C13H13F2N3O3. The number of nitrogens with zero attached hydrogens (tertiary/aromatic N) is 2. The van der Waals surface area contributed by atoms with Crippen molar-refractivity contribution in [3.8, 4) is 5.75 Å². The summed E-state index contributed by atoms with van der Waals surface area (Å²) >= 11 is 0. The number of primary amides is 1. The van der Waals surface area contributed by atoms with Crippen molar-refractivity contribution in [2.24, 2.45) is 5.73 Å². The molecule has 0 aliphatic heterocycles. The summed E-state index contributed by atoms with van der Waals surface area (Å²) in [5.41, 5.74) is 5.15. The normalized spacial score (nSPS) is 11.1. The molecule has 112 valence electrons. The summed E-state index contributed by atoms with van der Waals surface area (Å²) in [6.45, 7) is -0.344. The summed E-state index contributed by atoms with van der Waals surface area (Å²) in [5, 5.41) is 16.6. The Hall–Kier alpha value is -2.35. The van der Waals surface area contributed by atoms with Gasteiger partial charge >= 0.3 is 0 Å². The first-order valence-corrected chi connectivity index (χ1v) is 6.05. The Kier molecular flexibility index (Phi) is 4.27. The van der Waals surface area contributed by atoms with Crippen molar-refractivity contribution >= 4 is 16.8 Å². The second kappa shape index (κ2) is 5.96. The van der Waals surface area contributed by atoms with Crippen molar-refractivity contribution in [2.75, 3.05) is 13.7 Å². The molecule has 21 heavy (non-hydrogen) atoms. The SMILES string of the molecule is COc1cc(C(N)=O)cc2c(CCO)c(C(F)F)nnc12. The maximum Gasteiger partial charge on any atom is 0.282 e. The van der Waals surface area contributed by atoms with E-state index in [0.717, 1.165) is 0 Å². The topological polar surface area (TPSA) is 98.3 Å². The van der Waals surface area contributed by atoms with Crippen LogP contribution in [0.5, 0.6) is 5.75 Å². The number of ether oxygens (including phenoxy) is 1. The molecule has 0 spiro atoms. The number of benzene rings is 1. The van der Waals surface area contributed by atoms with Gasteiger partial charge in [-0.15, -0.1) is 10.2 Å². The molecule has 1 heterocycles. The first-order chi connectivity index (χ1) is 9.99. The molecule has 0 saturated heterocycles. The first-order valence-electron chi connectivity index (χ1n) is 6.05. The minimum atomic E-state index is -2.84. The van der Waals surface area contributed by atoms with E-state index < -0.39 is 18.0 Å². The van der Waals surface area contributed by atoms with Gasteiger partial charge in [-0.3, -0.25) is 4.79 Å². The Bertz CT molecular complexity index is 692. The van der Waals surface area contributed by atoms with Crippen molar-refractivity contribution in [1.82, 2.24) is 10.2 Å². The highest BCUT2D eigenvalue weighted by Crippen LogP contribution is 2.32. The van der Waals surface area contributed by atoms with Gasteiger partial charge in [0.1, 0.15) is 17.0 Å². The Morgan fingerprint density at radius 2 is 2.14 bits per heavy atom. The summed E-state index contributed by atoms with van der Waals surface area (Å²) in [4.78, 5) is 11.3. The molecular weight excluding hydrogens is 284 g/mol. The van der Waals surface area contributed by atoms with Crippen LogP contribution in [0.25, 0.3) is 10.9 Å². The number of alkyl halides is 2. The van der Waals surface area contributed by atoms with Gasteiger partial charge in [-0.2, -0.15) is 0 Å². The van der Waals surface area contributed by atoms with Crippen LogP contribution < -0.4 is 10.5 Å². The van der Waals surface area contributed by atoms with Crippen LogP contribution in [0.1, 0.15) is 28.0 Å². The molecule has 0 unspecified atom stereocenters. The minimum Gasteiger partial charge on any atom is -0.494 e. The highest BCUT2D eigenvalue weighted by atomic mass is 19.3. The fourth-order valence-electron chi connectivity index (χ4n) is 2.09. The van der Waals surface area contributed by atoms with E-state index >= 15 is 0 Å². The van der Waals surface area contributed by atoms with E-state index in [1.807, 2.05) is 0 Å². The maximum atomic E-state index is 13.0. The number of methoxy groups -OCH3 is 1. The van der Waals surface area contributed by atoms with Crippen LogP contribution in [0.15, 0.2) is 12.1 Å². The molecule has 0 bridgehead atoms. The summed E-state index contributed by atoms with van der Waals surface area (Å²) in [6, 6.07) is 2.72. The summed E-state index contributed by atoms with van der Waals surface area (Å²) < 4.78 is 31.1. The van der Waals surface area contributed by atoms with Crippen LogP contribution >= 0.6 is 0 Å². The molecule has 8 heteroatoms. The third kappa shape index (κ3) is 2.75. The zero-order valence-corrected chi connectivity index (χ0v) is 11.1. The molecule has 0 aliphatic carbocycles. The molecule has 2 rings (SSSR count). The van der Waals surface area contributed by atoms with E-state index in [9.17, 15) is 13.6 Å². The average Bonchev–Trinajstić information content (AvgIpc) is 2.46. The van der Waals surface area contributed by atoms with Crippen LogP contribution in [0.4, 0.5) is 8.78 Å². The number of aliphatic hydroxyl groups excluding tert-OH is 1. The number of hydrogen-bond acceptors (Lipinski definition) is 5. The highest BCUT2D eigenvalue weighted by molar-refractivity contribution is 5.99. The molecule has 0 atom stereocenters. The molecule has 1 aromatic carbocycles. The first kappa shape index (κ1) is 15.0. The van der Waals surface area contributed by atoms with Gasteiger partial charge in [0.15, 0.2) is 0 Å². The van der Waals surface area contributed by atoms with Crippen molar-refractivity contribution in [3.05, 3.63) is 29.0 Å². The molecule has 0 radical (unpaired) electrons. The lowest BCUT2D eigenvalue weighted by Gasteiger charge is -2.13. The average molecular weight is 297 g/mol. The Morgan fingerprint density at radius 3 is 2.67 bits per heavy atom. The van der Waals surface area contributed by atoms with Gasteiger partial charge in [0.25, 0.3) is 6.43 Å². The molecule has 3 N–H and O–H groups in total. The van der Waals surface area contributed by atoms with Gasteiger partial charge in [-0.25, -0.2) is 8.78 Å². The molecule has 1 aromatic heterocycles. The van der Waals surface area contributed by atoms with Crippen LogP contribution in [0.2, 0.25) is 0 Å². The predicted molar refractivity (Wildman–Crippen MR) is 70.4 cm³/mol. The van der Waals surface area contributed by atoms with Gasteiger partial charge in [-0.1, -0.05) is 0 Å². The van der Waals surface area contributed by atoms with Crippen molar-refractivity contribution in [3.63, 3.8) is 0 Å². The van der Waals surface area contributed by atoms with Crippen LogP contribution in [0.3, 0.4) is 0 Å². The van der Waals surface area contributed by atoms with Crippen molar-refractivity contribution in [1.29, 1.82) is 0 Å². The second-order valence-electron chi connectivity index (χ2n) is 4.28. The third-order valence-electron chi connectivity index (χ3n) is 3.04. The fourth-order valence-corrected chi connectivity index (χ4v) is 2.09.